The molecule has 1 aliphatic heterocycles. The first kappa shape index (κ1) is 22.9. The minimum atomic E-state index is -0.161. The highest BCUT2D eigenvalue weighted by atomic mass is 32.2. The largest absolute Gasteiger partial charge is 0.497 e. The molecule has 0 atom stereocenters. The fourth-order valence-corrected chi connectivity index (χ4v) is 4.17. The third-order valence-electron chi connectivity index (χ3n) is 5.16. The van der Waals surface area contributed by atoms with Gasteiger partial charge in [0.15, 0.2) is 5.78 Å². The molecule has 3 rings (SSSR count). The van der Waals surface area contributed by atoms with Crippen LogP contribution < -0.4 is 15.4 Å². The van der Waals surface area contributed by atoms with Gasteiger partial charge in [0, 0.05) is 46.3 Å². The normalized spacial score (nSPS) is 15.7. The number of fused-ring (bicyclic) bond motifs is 1. The highest BCUT2D eigenvalue weighted by molar-refractivity contribution is 7.99. The van der Waals surface area contributed by atoms with Crippen molar-refractivity contribution in [1.29, 1.82) is 0 Å². The Balaban J connectivity index is 1.78. The van der Waals surface area contributed by atoms with E-state index in [-0.39, 0.29) is 17.2 Å². The summed E-state index contributed by atoms with van der Waals surface area (Å²) >= 11 is 1.79. The number of hydrogen-bond acceptors (Lipinski definition) is 5. The summed E-state index contributed by atoms with van der Waals surface area (Å²) < 4.78 is 5.37. The van der Waals surface area contributed by atoms with Crippen LogP contribution in [0.1, 0.15) is 52.6 Å². The molecular formula is C25H30N2O3S. The van der Waals surface area contributed by atoms with Gasteiger partial charge in [0.2, 0.25) is 0 Å². The quantitative estimate of drug-likeness (QED) is 0.365. The predicted molar refractivity (Wildman–Crippen MR) is 128 cm³/mol. The van der Waals surface area contributed by atoms with Gasteiger partial charge in [-0.2, -0.15) is 11.8 Å². The van der Waals surface area contributed by atoms with Gasteiger partial charge in [0.25, 0.3) is 5.91 Å². The van der Waals surface area contributed by atoms with E-state index in [9.17, 15) is 9.59 Å². The van der Waals surface area contributed by atoms with Gasteiger partial charge >= 0.3 is 0 Å². The van der Waals surface area contributed by atoms with Gasteiger partial charge in [-0.3, -0.25) is 9.59 Å². The summed E-state index contributed by atoms with van der Waals surface area (Å²) in [4.78, 5) is 25.2. The lowest BCUT2D eigenvalue weighted by atomic mass is 9.85. The van der Waals surface area contributed by atoms with E-state index < -0.39 is 0 Å². The maximum absolute atomic E-state index is 13.0. The number of ketones is 1. The number of carbonyl (C=O) groups excluding carboxylic acids is 2. The zero-order chi connectivity index (χ0) is 22.4. The van der Waals surface area contributed by atoms with E-state index in [0.29, 0.717) is 17.7 Å². The van der Waals surface area contributed by atoms with E-state index >= 15 is 0 Å². The van der Waals surface area contributed by atoms with Crippen molar-refractivity contribution in [2.75, 3.05) is 25.2 Å². The second-order valence-electron chi connectivity index (χ2n) is 8.16. The van der Waals surface area contributed by atoms with Crippen LogP contribution in [0.4, 0.5) is 0 Å². The lowest BCUT2D eigenvalue weighted by molar-refractivity contribution is 0.0954. The topological polar surface area (TPSA) is 67.4 Å². The standard InChI is InChI=1S/C25H30N2O3S/c1-5-31-13-12-26-24(29)18-8-6-17(7-9-18)23(28)15-22-21-14-20(30-4)11-10-19(21)16-25(2,3)27-22/h6-11,14-15,27H,5,12-13,16H2,1-4H3,(H,26,29). The lowest BCUT2D eigenvalue weighted by Crippen LogP contribution is -2.43. The first-order valence-corrected chi connectivity index (χ1v) is 11.7. The number of rotatable bonds is 8. The number of methoxy groups -OCH3 is 1. The molecule has 1 heterocycles. The van der Waals surface area contributed by atoms with Crippen LogP contribution in [0.3, 0.4) is 0 Å². The molecule has 0 unspecified atom stereocenters. The van der Waals surface area contributed by atoms with Crippen molar-refractivity contribution < 1.29 is 14.3 Å². The number of carbonyl (C=O) groups is 2. The van der Waals surface area contributed by atoms with Crippen LogP contribution in [-0.2, 0) is 6.42 Å². The Kier molecular flexibility index (Phi) is 7.44. The molecule has 164 valence electrons. The summed E-state index contributed by atoms with van der Waals surface area (Å²) in [6.45, 7) is 6.96. The molecule has 0 saturated heterocycles. The molecular weight excluding hydrogens is 408 g/mol. The number of hydrogen-bond donors (Lipinski definition) is 2. The maximum Gasteiger partial charge on any atom is 0.251 e. The van der Waals surface area contributed by atoms with E-state index in [4.69, 9.17) is 4.74 Å². The summed E-state index contributed by atoms with van der Waals surface area (Å²) in [5, 5.41) is 6.38. The minimum absolute atomic E-state index is 0.111. The third kappa shape index (κ3) is 5.91. The molecule has 1 aliphatic rings. The summed E-state index contributed by atoms with van der Waals surface area (Å²) in [5.41, 5.74) is 3.87. The van der Waals surface area contributed by atoms with Crippen LogP contribution in [0.5, 0.6) is 5.75 Å². The van der Waals surface area contributed by atoms with Gasteiger partial charge in [0.05, 0.1) is 7.11 Å². The van der Waals surface area contributed by atoms with Crippen molar-refractivity contribution in [2.24, 2.45) is 0 Å². The van der Waals surface area contributed by atoms with E-state index in [1.54, 1.807) is 49.2 Å². The average molecular weight is 439 g/mol. The summed E-state index contributed by atoms with van der Waals surface area (Å²) in [6, 6.07) is 12.8. The van der Waals surface area contributed by atoms with Crippen molar-refractivity contribution in [3.05, 3.63) is 70.8 Å². The van der Waals surface area contributed by atoms with Gasteiger partial charge < -0.3 is 15.4 Å². The van der Waals surface area contributed by atoms with Crippen LogP contribution in [0.2, 0.25) is 0 Å². The van der Waals surface area contributed by atoms with E-state index in [2.05, 4.69) is 37.5 Å². The van der Waals surface area contributed by atoms with E-state index in [1.807, 2.05) is 12.1 Å². The first-order chi connectivity index (χ1) is 14.8. The molecule has 0 saturated carbocycles. The Morgan fingerprint density at radius 2 is 1.87 bits per heavy atom. The molecule has 1 amide bonds. The van der Waals surface area contributed by atoms with Crippen LogP contribution in [0, 0.1) is 0 Å². The zero-order valence-corrected chi connectivity index (χ0v) is 19.4. The molecule has 0 fully saturated rings. The van der Waals surface area contributed by atoms with Gasteiger partial charge in [0.1, 0.15) is 5.75 Å². The molecule has 2 N–H and O–H groups in total. The molecule has 2 aromatic carbocycles. The Morgan fingerprint density at radius 3 is 2.55 bits per heavy atom. The first-order valence-electron chi connectivity index (χ1n) is 10.5. The van der Waals surface area contributed by atoms with Crippen LogP contribution in [0.15, 0.2) is 48.5 Å². The molecule has 0 aliphatic carbocycles. The second kappa shape index (κ2) is 10.1. The smallest absolute Gasteiger partial charge is 0.251 e. The molecule has 31 heavy (non-hydrogen) atoms. The van der Waals surface area contributed by atoms with Crippen molar-refractivity contribution in [3.63, 3.8) is 0 Å². The Bertz CT molecular complexity index is 981. The Hall–Kier alpha value is -2.73. The number of benzene rings is 2. The van der Waals surface area contributed by atoms with Crippen molar-refractivity contribution in [1.82, 2.24) is 10.6 Å². The summed E-state index contributed by atoms with van der Waals surface area (Å²) in [6.07, 6.45) is 2.49. The fraction of sp³-hybridized carbons (Fsp3) is 0.360. The Labute approximate surface area is 188 Å². The summed E-state index contributed by atoms with van der Waals surface area (Å²) in [5.74, 6) is 2.45. The number of allylic oxidation sites excluding steroid dienone is 1. The fourth-order valence-electron chi connectivity index (χ4n) is 3.64. The molecule has 0 aromatic heterocycles. The van der Waals surface area contributed by atoms with Gasteiger partial charge in [-0.25, -0.2) is 0 Å². The number of thioether (sulfide) groups is 1. The minimum Gasteiger partial charge on any atom is -0.497 e. The number of ether oxygens (including phenoxy) is 1. The van der Waals surface area contributed by atoms with Gasteiger partial charge in [-0.15, -0.1) is 0 Å². The monoisotopic (exact) mass is 438 g/mol. The SMILES string of the molecule is CCSCCNC(=O)c1ccc(C(=O)C=C2NC(C)(C)Cc3ccc(OC)cc32)cc1. The highest BCUT2D eigenvalue weighted by Gasteiger charge is 2.28. The third-order valence-corrected chi connectivity index (χ3v) is 6.06. The average Bonchev–Trinajstić information content (AvgIpc) is 2.75. The van der Waals surface area contributed by atoms with Crippen LogP contribution in [0.25, 0.3) is 5.70 Å². The van der Waals surface area contributed by atoms with Crippen molar-refractivity contribution in [3.8, 4) is 5.75 Å². The number of amides is 1. The van der Waals surface area contributed by atoms with Crippen LogP contribution in [-0.4, -0.2) is 42.4 Å². The van der Waals surface area contributed by atoms with E-state index in [1.165, 1.54) is 5.56 Å². The summed E-state index contributed by atoms with van der Waals surface area (Å²) in [7, 11) is 1.64. The molecule has 2 aromatic rings. The van der Waals surface area contributed by atoms with Crippen molar-refractivity contribution in [2.45, 2.75) is 32.7 Å². The molecule has 0 radical (unpaired) electrons. The molecule has 0 bridgehead atoms. The number of nitrogens with one attached hydrogen (secondary N) is 2. The highest BCUT2D eigenvalue weighted by Crippen LogP contribution is 2.32. The molecule has 5 nitrogen and oxygen atoms in total. The second-order valence-corrected chi connectivity index (χ2v) is 9.56. The molecule has 0 spiro atoms. The van der Waals surface area contributed by atoms with Crippen LogP contribution >= 0.6 is 11.8 Å². The van der Waals surface area contributed by atoms with Gasteiger partial charge in [-0.1, -0.05) is 25.1 Å². The lowest BCUT2D eigenvalue weighted by Gasteiger charge is -2.35. The zero-order valence-electron chi connectivity index (χ0n) is 18.6. The van der Waals surface area contributed by atoms with E-state index in [0.717, 1.165) is 34.9 Å². The molecule has 6 heteroatoms. The maximum atomic E-state index is 13.0. The van der Waals surface area contributed by atoms with Crippen molar-refractivity contribution >= 4 is 29.1 Å². The van der Waals surface area contributed by atoms with Gasteiger partial charge in [-0.05, 0) is 55.9 Å². The Morgan fingerprint density at radius 1 is 1.16 bits per heavy atom. The predicted octanol–water partition coefficient (Wildman–Crippen LogP) is 4.33.